The van der Waals surface area contributed by atoms with Gasteiger partial charge in [-0.2, -0.15) is 0 Å². The van der Waals surface area contributed by atoms with E-state index in [1.54, 1.807) is 0 Å². The highest BCUT2D eigenvalue weighted by Gasteiger charge is 2.16. The maximum absolute atomic E-state index is 6.26. The van der Waals surface area contributed by atoms with E-state index < -0.39 is 0 Å². The van der Waals surface area contributed by atoms with E-state index in [4.69, 9.17) is 23.2 Å². The van der Waals surface area contributed by atoms with Crippen LogP contribution in [0.4, 0.5) is 0 Å². The maximum Gasteiger partial charge on any atom is 0.0580 e. The van der Waals surface area contributed by atoms with Crippen LogP contribution in [0.2, 0.25) is 10.0 Å². The maximum atomic E-state index is 6.26. The fourth-order valence-electron chi connectivity index (χ4n) is 2.32. The Labute approximate surface area is 130 Å². The van der Waals surface area contributed by atoms with E-state index in [1.807, 2.05) is 25.1 Å². The molecule has 2 aromatic carbocycles. The van der Waals surface area contributed by atoms with Crippen molar-refractivity contribution in [2.24, 2.45) is 0 Å². The van der Waals surface area contributed by atoms with E-state index in [1.165, 1.54) is 11.1 Å². The molecule has 0 aliphatic rings. The molecule has 1 N–H and O–H groups in total. The van der Waals surface area contributed by atoms with Crippen LogP contribution < -0.4 is 5.32 Å². The minimum atomic E-state index is 0.108. The lowest BCUT2D eigenvalue weighted by atomic mass is 9.94. The van der Waals surface area contributed by atoms with Crippen molar-refractivity contribution in [3.8, 4) is 0 Å². The lowest BCUT2D eigenvalue weighted by molar-refractivity contribution is 0.627. The highest BCUT2D eigenvalue weighted by Crippen LogP contribution is 2.29. The second kappa shape index (κ2) is 6.62. The molecule has 1 unspecified atom stereocenters. The van der Waals surface area contributed by atoms with Crippen LogP contribution >= 0.6 is 23.2 Å². The third kappa shape index (κ3) is 3.35. The average molecular weight is 308 g/mol. The zero-order chi connectivity index (χ0) is 14.7. The van der Waals surface area contributed by atoms with Gasteiger partial charge in [0.2, 0.25) is 0 Å². The highest BCUT2D eigenvalue weighted by molar-refractivity contribution is 6.31. The standard InChI is InChI=1S/C17H19Cl2N/c1-4-20-17(13-7-5-12(3)16(19)9-13)15-10-14(18)8-6-11(15)2/h5-10,17,20H,4H2,1-3H3. The molecule has 0 aromatic heterocycles. The van der Waals surface area contributed by atoms with E-state index in [0.29, 0.717) is 0 Å². The molecule has 3 heteroatoms. The normalized spacial score (nSPS) is 12.4. The quantitative estimate of drug-likeness (QED) is 0.807. The lowest BCUT2D eigenvalue weighted by Crippen LogP contribution is -2.22. The van der Waals surface area contributed by atoms with Crippen molar-refractivity contribution in [3.05, 3.63) is 68.7 Å². The van der Waals surface area contributed by atoms with E-state index in [-0.39, 0.29) is 6.04 Å². The van der Waals surface area contributed by atoms with Crippen molar-refractivity contribution in [3.63, 3.8) is 0 Å². The topological polar surface area (TPSA) is 12.0 Å². The second-order valence-corrected chi connectivity index (χ2v) is 5.84. The number of hydrogen-bond donors (Lipinski definition) is 1. The summed E-state index contributed by atoms with van der Waals surface area (Å²) in [7, 11) is 0. The van der Waals surface area contributed by atoms with Gasteiger partial charge in [0.25, 0.3) is 0 Å². The fraction of sp³-hybridized carbons (Fsp3) is 0.294. The molecule has 20 heavy (non-hydrogen) atoms. The molecule has 0 aliphatic carbocycles. The minimum absolute atomic E-state index is 0.108. The van der Waals surface area contributed by atoms with Crippen LogP contribution in [0.3, 0.4) is 0 Å². The zero-order valence-corrected chi connectivity index (χ0v) is 13.5. The third-order valence-electron chi connectivity index (χ3n) is 3.49. The van der Waals surface area contributed by atoms with Crippen molar-refractivity contribution in [1.29, 1.82) is 0 Å². The van der Waals surface area contributed by atoms with Gasteiger partial charge in [-0.05, 0) is 60.8 Å². The lowest BCUT2D eigenvalue weighted by Gasteiger charge is -2.22. The first kappa shape index (κ1) is 15.4. The van der Waals surface area contributed by atoms with Crippen molar-refractivity contribution in [1.82, 2.24) is 5.32 Å². The Kier molecular flexibility index (Phi) is 5.09. The Balaban J connectivity index is 2.49. The average Bonchev–Trinajstić information content (AvgIpc) is 2.42. The molecule has 1 atom stereocenters. The summed E-state index contributed by atoms with van der Waals surface area (Å²) in [6, 6.07) is 12.3. The summed E-state index contributed by atoms with van der Waals surface area (Å²) in [6.45, 7) is 7.09. The van der Waals surface area contributed by atoms with Crippen LogP contribution in [0.5, 0.6) is 0 Å². The number of halogens is 2. The van der Waals surface area contributed by atoms with E-state index >= 15 is 0 Å². The van der Waals surface area contributed by atoms with E-state index in [9.17, 15) is 0 Å². The molecule has 0 saturated heterocycles. The molecule has 0 spiro atoms. The molecular weight excluding hydrogens is 289 g/mol. The molecule has 106 valence electrons. The summed E-state index contributed by atoms with van der Waals surface area (Å²) in [5.74, 6) is 0. The van der Waals surface area contributed by atoms with Crippen LogP contribution in [0.1, 0.15) is 35.2 Å². The van der Waals surface area contributed by atoms with Crippen LogP contribution in [-0.4, -0.2) is 6.54 Å². The van der Waals surface area contributed by atoms with Gasteiger partial charge in [-0.25, -0.2) is 0 Å². The van der Waals surface area contributed by atoms with Crippen LogP contribution in [0.15, 0.2) is 36.4 Å². The van der Waals surface area contributed by atoms with Crippen molar-refractivity contribution >= 4 is 23.2 Å². The van der Waals surface area contributed by atoms with Crippen molar-refractivity contribution < 1.29 is 0 Å². The summed E-state index contributed by atoms with van der Waals surface area (Å²) in [4.78, 5) is 0. The van der Waals surface area contributed by atoms with Gasteiger partial charge < -0.3 is 5.32 Å². The van der Waals surface area contributed by atoms with Gasteiger partial charge in [-0.3, -0.25) is 0 Å². The zero-order valence-electron chi connectivity index (χ0n) is 12.0. The first-order chi connectivity index (χ1) is 9.52. The van der Waals surface area contributed by atoms with Gasteiger partial charge in [0, 0.05) is 10.0 Å². The Hall–Kier alpha value is -1.02. The van der Waals surface area contributed by atoms with Crippen molar-refractivity contribution in [2.75, 3.05) is 6.54 Å². The molecule has 0 aliphatic heterocycles. The Morgan fingerprint density at radius 3 is 2.35 bits per heavy atom. The van der Waals surface area contributed by atoms with Crippen molar-refractivity contribution in [2.45, 2.75) is 26.8 Å². The van der Waals surface area contributed by atoms with Gasteiger partial charge in [0.1, 0.15) is 0 Å². The smallest absolute Gasteiger partial charge is 0.0580 e. The monoisotopic (exact) mass is 307 g/mol. The Morgan fingerprint density at radius 1 is 1.00 bits per heavy atom. The predicted molar refractivity (Wildman–Crippen MR) is 87.9 cm³/mol. The molecule has 1 nitrogen and oxygen atoms in total. The van der Waals surface area contributed by atoms with Gasteiger partial charge in [-0.1, -0.05) is 48.3 Å². The first-order valence-corrected chi connectivity index (χ1v) is 7.54. The first-order valence-electron chi connectivity index (χ1n) is 6.78. The molecule has 2 aromatic rings. The second-order valence-electron chi connectivity index (χ2n) is 5.00. The molecule has 0 bridgehead atoms. The SMILES string of the molecule is CCNC(c1ccc(C)c(Cl)c1)c1cc(Cl)ccc1C. The summed E-state index contributed by atoms with van der Waals surface area (Å²) in [6.07, 6.45) is 0. The van der Waals surface area contributed by atoms with E-state index in [2.05, 4.69) is 37.4 Å². The molecule has 2 rings (SSSR count). The van der Waals surface area contributed by atoms with Crippen LogP contribution in [0, 0.1) is 13.8 Å². The summed E-state index contributed by atoms with van der Waals surface area (Å²) >= 11 is 12.4. The predicted octanol–water partition coefficient (Wildman–Crippen LogP) is 5.31. The number of nitrogens with one attached hydrogen (secondary N) is 1. The molecule has 0 heterocycles. The van der Waals surface area contributed by atoms with Crippen LogP contribution in [-0.2, 0) is 0 Å². The number of hydrogen-bond acceptors (Lipinski definition) is 1. The molecule has 0 radical (unpaired) electrons. The highest BCUT2D eigenvalue weighted by atomic mass is 35.5. The Morgan fingerprint density at radius 2 is 1.70 bits per heavy atom. The molecular formula is C17H19Cl2N. The summed E-state index contributed by atoms with van der Waals surface area (Å²) in [5.41, 5.74) is 4.66. The largest absolute Gasteiger partial charge is 0.307 e. The van der Waals surface area contributed by atoms with Gasteiger partial charge in [0.05, 0.1) is 6.04 Å². The number of benzene rings is 2. The minimum Gasteiger partial charge on any atom is -0.307 e. The number of rotatable bonds is 4. The summed E-state index contributed by atoms with van der Waals surface area (Å²) in [5, 5.41) is 5.07. The third-order valence-corrected chi connectivity index (χ3v) is 4.13. The molecule has 0 amide bonds. The molecule has 0 fully saturated rings. The van der Waals surface area contributed by atoms with Gasteiger partial charge in [0.15, 0.2) is 0 Å². The Bertz CT molecular complexity index is 608. The fourth-order valence-corrected chi connectivity index (χ4v) is 2.69. The van der Waals surface area contributed by atoms with Gasteiger partial charge >= 0.3 is 0 Å². The molecule has 0 saturated carbocycles. The number of aryl methyl sites for hydroxylation is 2. The summed E-state index contributed by atoms with van der Waals surface area (Å²) < 4.78 is 0. The van der Waals surface area contributed by atoms with Gasteiger partial charge in [-0.15, -0.1) is 0 Å². The van der Waals surface area contributed by atoms with Crippen LogP contribution in [0.25, 0.3) is 0 Å². The van der Waals surface area contributed by atoms with E-state index in [0.717, 1.165) is 27.7 Å².